The second kappa shape index (κ2) is 7.39. The predicted molar refractivity (Wildman–Crippen MR) is 103 cm³/mol. The van der Waals surface area contributed by atoms with Crippen molar-refractivity contribution in [1.29, 1.82) is 0 Å². The van der Waals surface area contributed by atoms with Gasteiger partial charge in [-0.05, 0) is 29.2 Å². The lowest BCUT2D eigenvalue weighted by Gasteiger charge is -2.31. The highest BCUT2D eigenvalue weighted by Gasteiger charge is 2.18. The maximum absolute atomic E-state index is 4.47. The van der Waals surface area contributed by atoms with E-state index in [2.05, 4.69) is 66.8 Å². The van der Waals surface area contributed by atoms with Crippen molar-refractivity contribution in [2.45, 2.75) is 19.5 Å². The fourth-order valence-electron chi connectivity index (χ4n) is 3.36. The SMILES string of the molecule is CN=C(NCc1cccc(-c2ncn[nH]2)c1)N1CCc2ccccc2C1. The molecule has 2 heterocycles. The molecule has 0 bridgehead atoms. The molecule has 0 saturated carbocycles. The number of benzene rings is 2. The van der Waals surface area contributed by atoms with Crippen LogP contribution in [0.25, 0.3) is 11.4 Å². The zero-order chi connectivity index (χ0) is 17.8. The molecule has 132 valence electrons. The van der Waals surface area contributed by atoms with Crippen LogP contribution in [0.4, 0.5) is 0 Å². The van der Waals surface area contributed by atoms with Crippen LogP contribution in [0, 0.1) is 0 Å². The van der Waals surface area contributed by atoms with Gasteiger partial charge in [-0.25, -0.2) is 4.98 Å². The first-order valence-corrected chi connectivity index (χ1v) is 8.80. The Morgan fingerprint density at radius 1 is 1.19 bits per heavy atom. The molecule has 0 fully saturated rings. The van der Waals surface area contributed by atoms with E-state index < -0.39 is 0 Å². The minimum atomic E-state index is 0.715. The number of aliphatic imine (C=N–C) groups is 1. The average molecular weight is 346 g/mol. The van der Waals surface area contributed by atoms with Crippen molar-refractivity contribution in [3.8, 4) is 11.4 Å². The summed E-state index contributed by atoms with van der Waals surface area (Å²) in [6, 6.07) is 16.9. The number of nitrogens with one attached hydrogen (secondary N) is 2. The van der Waals surface area contributed by atoms with Crippen molar-refractivity contribution in [2.24, 2.45) is 4.99 Å². The van der Waals surface area contributed by atoms with E-state index in [0.717, 1.165) is 36.9 Å². The topological polar surface area (TPSA) is 69.2 Å². The quantitative estimate of drug-likeness (QED) is 0.565. The molecule has 2 N–H and O–H groups in total. The number of rotatable bonds is 3. The Morgan fingerprint density at radius 3 is 2.88 bits per heavy atom. The van der Waals surface area contributed by atoms with Gasteiger partial charge in [-0.2, -0.15) is 5.10 Å². The van der Waals surface area contributed by atoms with Gasteiger partial charge in [0.2, 0.25) is 0 Å². The van der Waals surface area contributed by atoms with Gasteiger partial charge in [0.1, 0.15) is 6.33 Å². The van der Waals surface area contributed by atoms with Gasteiger partial charge in [0.25, 0.3) is 0 Å². The highest BCUT2D eigenvalue weighted by molar-refractivity contribution is 5.80. The summed E-state index contributed by atoms with van der Waals surface area (Å²) in [5.41, 5.74) is 5.04. The largest absolute Gasteiger partial charge is 0.352 e. The molecule has 0 saturated heterocycles. The maximum Gasteiger partial charge on any atom is 0.194 e. The van der Waals surface area contributed by atoms with Gasteiger partial charge in [-0.3, -0.25) is 10.1 Å². The number of aromatic amines is 1. The Bertz CT molecular complexity index is 900. The lowest BCUT2D eigenvalue weighted by molar-refractivity contribution is 0.378. The van der Waals surface area contributed by atoms with Crippen LogP contribution in [0.3, 0.4) is 0 Å². The van der Waals surface area contributed by atoms with E-state index in [1.165, 1.54) is 23.0 Å². The predicted octanol–water partition coefficient (Wildman–Crippen LogP) is 2.61. The van der Waals surface area contributed by atoms with Crippen LogP contribution in [0.1, 0.15) is 16.7 Å². The number of hydrogen-bond donors (Lipinski definition) is 2. The molecule has 1 aliphatic heterocycles. The molecular formula is C20H22N6. The first-order valence-electron chi connectivity index (χ1n) is 8.80. The van der Waals surface area contributed by atoms with Crippen LogP contribution in [0.5, 0.6) is 0 Å². The summed E-state index contributed by atoms with van der Waals surface area (Å²) in [7, 11) is 1.84. The second-order valence-electron chi connectivity index (χ2n) is 6.38. The Morgan fingerprint density at radius 2 is 2.08 bits per heavy atom. The summed E-state index contributed by atoms with van der Waals surface area (Å²) < 4.78 is 0. The minimum absolute atomic E-state index is 0.715. The monoisotopic (exact) mass is 346 g/mol. The highest BCUT2D eigenvalue weighted by Crippen LogP contribution is 2.19. The molecule has 3 aromatic rings. The summed E-state index contributed by atoms with van der Waals surface area (Å²) in [6.07, 6.45) is 2.58. The number of aromatic nitrogens is 3. The summed E-state index contributed by atoms with van der Waals surface area (Å²) in [5, 5.41) is 10.3. The Kier molecular flexibility index (Phi) is 4.64. The van der Waals surface area contributed by atoms with Crippen molar-refractivity contribution in [2.75, 3.05) is 13.6 Å². The molecule has 26 heavy (non-hydrogen) atoms. The minimum Gasteiger partial charge on any atom is -0.352 e. The van der Waals surface area contributed by atoms with E-state index in [4.69, 9.17) is 0 Å². The third-order valence-corrected chi connectivity index (χ3v) is 4.71. The van der Waals surface area contributed by atoms with E-state index >= 15 is 0 Å². The average Bonchev–Trinajstić information content (AvgIpc) is 3.23. The zero-order valence-corrected chi connectivity index (χ0v) is 14.8. The van der Waals surface area contributed by atoms with Crippen LogP contribution < -0.4 is 5.32 Å². The van der Waals surface area contributed by atoms with E-state index in [1.54, 1.807) is 0 Å². The third kappa shape index (κ3) is 3.44. The third-order valence-electron chi connectivity index (χ3n) is 4.71. The molecule has 0 atom stereocenters. The number of fused-ring (bicyclic) bond motifs is 1. The van der Waals surface area contributed by atoms with E-state index in [9.17, 15) is 0 Å². The number of H-pyrrole nitrogens is 1. The Labute approximate surface area is 153 Å². The van der Waals surface area contributed by atoms with Gasteiger partial charge in [-0.1, -0.05) is 42.5 Å². The molecule has 0 aliphatic carbocycles. The molecule has 1 aliphatic rings. The van der Waals surface area contributed by atoms with Crippen LogP contribution in [-0.2, 0) is 19.5 Å². The van der Waals surface area contributed by atoms with Crippen LogP contribution in [0.15, 0.2) is 59.9 Å². The number of guanidine groups is 1. The summed E-state index contributed by atoms with van der Waals surface area (Å²) in [6.45, 7) is 2.59. The van der Waals surface area contributed by atoms with Crippen molar-refractivity contribution in [3.05, 3.63) is 71.5 Å². The summed E-state index contributed by atoms with van der Waals surface area (Å²) >= 11 is 0. The summed E-state index contributed by atoms with van der Waals surface area (Å²) in [5.74, 6) is 1.72. The Balaban J connectivity index is 1.43. The molecule has 0 unspecified atom stereocenters. The van der Waals surface area contributed by atoms with Gasteiger partial charge >= 0.3 is 0 Å². The van der Waals surface area contributed by atoms with Crippen LogP contribution in [-0.4, -0.2) is 39.6 Å². The second-order valence-corrected chi connectivity index (χ2v) is 6.38. The highest BCUT2D eigenvalue weighted by atomic mass is 15.3. The zero-order valence-electron chi connectivity index (χ0n) is 14.8. The fraction of sp³-hybridized carbons (Fsp3) is 0.250. The standard InChI is InChI=1S/C20H22N6/c1-21-20(26-10-9-16-6-2-3-7-18(16)13-26)22-12-15-5-4-8-17(11-15)19-23-14-24-25-19/h2-8,11,14H,9-10,12-13H2,1H3,(H,21,22)(H,23,24,25). The van der Waals surface area contributed by atoms with Gasteiger partial charge in [0, 0.05) is 32.2 Å². The van der Waals surface area contributed by atoms with Crippen molar-refractivity contribution in [3.63, 3.8) is 0 Å². The van der Waals surface area contributed by atoms with Gasteiger partial charge in [-0.15, -0.1) is 0 Å². The van der Waals surface area contributed by atoms with Crippen LogP contribution >= 0.6 is 0 Å². The molecule has 0 spiro atoms. The van der Waals surface area contributed by atoms with E-state index in [1.807, 2.05) is 19.2 Å². The van der Waals surface area contributed by atoms with E-state index in [0.29, 0.717) is 6.54 Å². The normalized spacial score (nSPS) is 14.2. The first kappa shape index (κ1) is 16.3. The Hall–Kier alpha value is -3.15. The number of nitrogens with zero attached hydrogens (tertiary/aromatic N) is 4. The van der Waals surface area contributed by atoms with Crippen molar-refractivity contribution in [1.82, 2.24) is 25.4 Å². The molecule has 6 nitrogen and oxygen atoms in total. The van der Waals surface area contributed by atoms with Crippen LogP contribution in [0.2, 0.25) is 0 Å². The molecule has 0 amide bonds. The molecule has 6 heteroatoms. The van der Waals surface area contributed by atoms with Gasteiger partial charge < -0.3 is 10.2 Å². The fourth-order valence-corrected chi connectivity index (χ4v) is 3.36. The van der Waals surface area contributed by atoms with Crippen molar-refractivity contribution < 1.29 is 0 Å². The van der Waals surface area contributed by atoms with Gasteiger partial charge in [0.05, 0.1) is 0 Å². The smallest absolute Gasteiger partial charge is 0.194 e. The maximum atomic E-state index is 4.47. The lowest BCUT2D eigenvalue weighted by Crippen LogP contribution is -2.43. The first-order chi connectivity index (χ1) is 12.8. The molecule has 0 radical (unpaired) electrons. The molecule has 2 aromatic carbocycles. The van der Waals surface area contributed by atoms with Gasteiger partial charge in [0.15, 0.2) is 11.8 Å². The molecule has 4 rings (SSSR count). The van der Waals surface area contributed by atoms with E-state index in [-0.39, 0.29) is 0 Å². The molecule has 1 aromatic heterocycles. The lowest BCUT2D eigenvalue weighted by atomic mass is 10.0. The molecular weight excluding hydrogens is 324 g/mol. The summed E-state index contributed by atoms with van der Waals surface area (Å²) in [4.78, 5) is 11.0. The number of hydrogen-bond acceptors (Lipinski definition) is 3. The van der Waals surface area contributed by atoms with Crippen molar-refractivity contribution >= 4 is 5.96 Å².